The summed E-state index contributed by atoms with van der Waals surface area (Å²) < 4.78 is 14.2. The smallest absolute Gasteiger partial charge is 0.379 e. The summed E-state index contributed by atoms with van der Waals surface area (Å²) in [5.41, 5.74) is 0. The van der Waals surface area contributed by atoms with Crippen LogP contribution < -0.4 is 5.32 Å². The Morgan fingerprint density at radius 3 is 1.25 bits per heavy atom. The summed E-state index contributed by atoms with van der Waals surface area (Å²) in [6.45, 7) is 6.39. The van der Waals surface area contributed by atoms with E-state index in [2.05, 4.69) is 19.2 Å². The summed E-state index contributed by atoms with van der Waals surface area (Å²) in [4.78, 5) is 0. The fraction of sp³-hybridized carbons (Fsp3) is 1.00. The highest BCUT2D eigenvalue weighted by atomic mass is 28.3. The number of hydrogen-bond donors (Lipinski definition) is 1. The van der Waals surface area contributed by atoms with Gasteiger partial charge in [-0.3, -0.25) is 0 Å². The molecule has 4 nitrogen and oxygen atoms in total. The maximum atomic E-state index is 4.74. The van der Waals surface area contributed by atoms with Crippen LogP contribution in [0.15, 0.2) is 0 Å². The quantitative estimate of drug-likeness (QED) is 0.639. The van der Waals surface area contributed by atoms with E-state index in [-0.39, 0.29) is 0 Å². The second-order valence-electron chi connectivity index (χ2n) is 1.95. The van der Waals surface area contributed by atoms with Crippen LogP contribution in [0.1, 0.15) is 13.8 Å². The third kappa shape index (κ3) is 12.7. The average molecular weight is 195 g/mol. The molecule has 0 atom stereocenters. The van der Waals surface area contributed by atoms with E-state index in [0.29, 0.717) is 0 Å². The zero-order valence-electron chi connectivity index (χ0n) is 8.72. The zero-order valence-corrected chi connectivity index (χ0v) is 9.87. The van der Waals surface area contributed by atoms with Crippen molar-refractivity contribution < 1.29 is 13.3 Å². The Kier molecular flexibility index (Phi) is 16.6. The highest BCUT2D eigenvalue weighted by Gasteiger charge is 2.04. The van der Waals surface area contributed by atoms with E-state index >= 15 is 0 Å². The molecule has 0 aliphatic rings. The molecule has 0 spiro atoms. The molecule has 12 heavy (non-hydrogen) atoms. The summed E-state index contributed by atoms with van der Waals surface area (Å²) in [7, 11) is 3.05. The predicted molar refractivity (Wildman–Crippen MR) is 52.4 cm³/mol. The van der Waals surface area contributed by atoms with Gasteiger partial charge in [0.25, 0.3) is 0 Å². The van der Waals surface area contributed by atoms with Crippen molar-refractivity contribution >= 4 is 9.53 Å². The van der Waals surface area contributed by atoms with Crippen molar-refractivity contribution in [3.8, 4) is 0 Å². The maximum Gasteiger partial charge on any atom is 0.483 e. The van der Waals surface area contributed by atoms with Crippen molar-refractivity contribution in [1.29, 1.82) is 0 Å². The Labute approximate surface area is 77.2 Å². The van der Waals surface area contributed by atoms with Gasteiger partial charge in [0.15, 0.2) is 0 Å². The van der Waals surface area contributed by atoms with Crippen LogP contribution in [0.3, 0.4) is 0 Å². The summed E-state index contributed by atoms with van der Waals surface area (Å²) in [6, 6.07) is 0. The average Bonchev–Trinajstić information content (AvgIpc) is 2.10. The van der Waals surface area contributed by atoms with Gasteiger partial charge in [-0.1, -0.05) is 13.8 Å². The molecule has 0 saturated heterocycles. The second kappa shape index (κ2) is 13.6. The van der Waals surface area contributed by atoms with Crippen molar-refractivity contribution in [2.45, 2.75) is 13.8 Å². The summed E-state index contributed by atoms with van der Waals surface area (Å²) >= 11 is 0. The van der Waals surface area contributed by atoms with Gasteiger partial charge in [-0.25, -0.2) is 0 Å². The predicted octanol–water partition coefficient (Wildman–Crippen LogP) is 0.259. The molecular formula is C7H21NO3Si. The van der Waals surface area contributed by atoms with Crippen LogP contribution in [0.2, 0.25) is 0 Å². The van der Waals surface area contributed by atoms with Crippen LogP contribution in [0, 0.1) is 0 Å². The lowest BCUT2D eigenvalue weighted by Crippen LogP contribution is -2.21. The first kappa shape index (κ1) is 14.6. The van der Waals surface area contributed by atoms with Crippen molar-refractivity contribution in [3.63, 3.8) is 0 Å². The molecule has 76 valence electrons. The van der Waals surface area contributed by atoms with E-state index in [1.807, 2.05) is 0 Å². The van der Waals surface area contributed by atoms with Crippen molar-refractivity contribution in [2.75, 3.05) is 34.4 Å². The standard InChI is InChI=1S/C4H11N.C3H10O3Si/c1-3-5-4-2;1-4-7(5-2)6-3/h5H,3-4H2,1-2H3;7H,1-3H3. The molecule has 0 aliphatic heterocycles. The molecule has 0 aliphatic carbocycles. The van der Waals surface area contributed by atoms with Crippen LogP contribution in [0.25, 0.3) is 0 Å². The van der Waals surface area contributed by atoms with E-state index in [0.717, 1.165) is 13.1 Å². The first-order chi connectivity index (χ1) is 5.76. The molecule has 1 N–H and O–H groups in total. The Morgan fingerprint density at radius 2 is 1.25 bits per heavy atom. The van der Waals surface area contributed by atoms with Crippen LogP contribution in [-0.2, 0) is 13.3 Å². The molecule has 0 bridgehead atoms. The topological polar surface area (TPSA) is 39.7 Å². The lowest BCUT2D eigenvalue weighted by atomic mass is 10.7. The van der Waals surface area contributed by atoms with Crippen molar-refractivity contribution in [1.82, 2.24) is 5.32 Å². The molecule has 0 saturated carbocycles. The molecule has 0 aromatic rings. The minimum absolute atomic E-state index is 1.09. The van der Waals surface area contributed by atoms with Gasteiger partial charge in [0.05, 0.1) is 0 Å². The van der Waals surface area contributed by atoms with Crippen molar-refractivity contribution in [2.24, 2.45) is 0 Å². The lowest BCUT2D eigenvalue weighted by Gasteiger charge is -2.05. The van der Waals surface area contributed by atoms with Gasteiger partial charge in [0.2, 0.25) is 0 Å². The van der Waals surface area contributed by atoms with Gasteiger partial charge in [-0.15, -0.1) is 0 Å². The van der Waals surface area contributed by atoms with Gasteiger partial charge in [-0.05, 0) is 13.1 Å². The number of nitrogens with one attached hydrogen (secondary N) is 1. The van der Waals surface area contributed by atoms with E-state index in [1.54, 1.807) is 21.3 Å². The summed E-state index contributed by atoms with van der Waals surface area (Å²) in [5, 5.41) is 3.11. The van der Waals surface area contributed by atoms with Crippen LogP contribution in [-0.4, -0.2) is 43.9 Å². The molecule has 0 amide bonds. The summed E-state index contributed by atoms with van der Waals surface area (Å²) in [5.74, 6) is 0. The van der Waals surface area contributed by atoms with Crippen LogP contribution in [0.4, 0.5) is 0 Å². The molecule has 0 unspecified atom stereocenters. The Hall–Kier alpha value is 0.0569. The minimum atomic E-state index is -1.67. The lowest BCUT2D eigenvalue weighted by molar-refractivity contribution is 0.163. The molecule has 0 aromatic heterocycles. The first-order valence-electron chi connectivity index (χ1n) is 4.05. The van der Waals surface area contributed by atoms with Gasteiger partial charge in [-0.2, -0.15) is 0 Å². The summed E-state index contributed by atoms with van der Waals surface area (Å²) in [6.07, 6.45) is 0. The molecule has 0 aromatic carbocycles. The van der Waals surface area contributed by atoms with Gasteiger partial charge >= 0.3 is 9.53 Å². The van der Waals surface area contributed by atoms with Crippen LogP contribution >= 0.6 is 0 Å². The van der Waals surface area contributed by atoms with E-state index in [1.165, 1.54) is 0 Å². The minimum Gasteiger partial charge on any atom is -0.379 e. The number of rotatable bonds is 5. The fourth-order valence-corrected chi connectivity index (χ4v) is 1.12. The highest BCUT2D eigenvalue weighted by molar-refractivity contribution is 6.36. The third-order valence-corrected chi connectivity index (χ3v) is 2.23. The van der Waals surface area contributed by atoms with Gasteiger partial charge in [0.1, 0.15) is 0 Å². The Bertz CT molecular complexity index is 64.2. The fourth-order valence-electron chi connectivity index (χ4n) is 0.539. The van der Waals surface area contributed by atoms with Crippen molar-refractivity contribution in [3.05, 3.63) is 0 Å². The first-order valence-corrected chi connectivity index (χ1v) is 5.47. The molecule has 0 rings (SSSR count). The Morgan fingerprint density at radius 1 is 0.917 bits per heavy atom. The third-order valence-electron chi connectivity index (χ3n) is 1.08. The largest absolute Gasteiger partial charge is 0.483 e. The van der Waals surface area contributed by atoms with E-state index in [4.69, 9.17) is 13.3 Å². The number of hydrogen-bond acceptors (Lipinski definition) is 4. The van der Waals surface area contributed by atoms with E-state index in [9.17, 15) is 0 Å². The van der Waals surface area contributed by atoms with Gasteiger partial charge < -0.3 is 18.6 Å². The van der Waals surface area contributed by atoms with Crippen LogP contribution in [0.5, 0.6) is 0 Å². The highest BCUT2D eigenvalue weighted by Crippen LogP contribution is 1.81. The molecule has 0 heterocycles. The SMILES string of the molecule is CCNCC.CO[SiH](OC)OC. The molecule has 0 radical (unpaired) electrons. The molecule has 5 heteroatoms. The monoisotopic (exact) mass is 195 g/mol. The normalized spacial score (nSPS) is 9.50. The second-order valence-corrected chi connectivity index (χ2v) is 3.94. The Balaban J connectivity index is 0. The van der Waals surface area contributed by atoms with E-state index < -0.39 is 9.53 Å². The maximum absolute atomic E-state index is 4.74. The molecule has 0 fully saturated rings. The van der Waals surface area contributed by atoms with Gasteiger partial charge in [0, 0.05) is 21.3 Å². The zero-order chi connectivity index (χ0) is 9.82. The molecular weight excluding hydrogens is 174 g/mol.